The Balaban J connectivity index is 0. The van der Waals surface area contributed by atoms with Gasteiger partial charge in [0, 0.05) is 26.2 Å². The first-order valence-corrected chi connectivity index (χ1v) is 2.79. The van der Waals surface area contributed by atoms with Gasteiger partial charge in [-0.25, -0.2) is 0 Å². The number of piperazine rings is 1. The maximum Gasteiger partial charge on any atom is 0.0104 e. The second-order valence-electron chi connectivity index (χ2n) is 2.05. The zero-order valence-electron chi connectivity index (χ0n) is 4.78. The van der Waals surface area contributed by atoms with E-state index < -0.39 is 0 Å². The van der Waals surface area contributed by atoms with Crippen molar-refractivity contribution >= 4 is 0 Å². The molecule has 0 aromatic rings. The number of hydrogen-bond acceptors (Lipinski definition) is 2. The molecule has 1 N–H and O–H groups in total. The molecule has 0 unspecified atom stereocenters. The van der Waals surface area contributed by atoms with E-state index in [1.807, 2.05) is 0 Å². The number of likely N-dealkylation sites (N-methyl/N-ethyl adjacent to an activating group) is 1. The van der Waals surface area contributed by atoms with Gasteiger partial charge < -0.3 is 10.2 Å². The van der Waals surface area contributed by atoms with Gasteiger partial charge in [0.05, 0.1) is 0 Å². The summed E-state index contributed by atoms with van der Waals surface area (Å²) in [6.45, 7) is 4.74. The van der Waals surface area contributed by atoms with Crippen LogP contribution in [0, 0.1) is 0 Å². The second-order valence-corrected chi connectivity index (χ2v) is 2.05. The number of nitrogens with zero attached hydrogens (tertiary/aromatic N) is 1. The molecule has 1 heterocycles. The molecule has 1 saturated heterocycles. The van der Waals surface area contributed by atoms with Crippen molar-refractivity contribution in [2.24, 2.45) is 0 Å². The van der Waals surface area contributed by atoms with Crippen molar-refractivity contribution in [2.45, 2.75) is 14.9 Å². The Labute approximate surface area is 59.2 Å². The van der Waals surface area contributed by atoms with Gasteiger partial charge in [-0.3, -0.25) is 0 Å². The third-order valence-electron chi connectivity index (χ3n) is 1.34. The summed E-state index contributed by atoms with van der Waals surface area (Å²) < 4.78 is 0. The highest BCUT2D eigenvalue weighted by molar-refractivity contribution is 4.62. The van der Waals surface area contributed by atoms with Crippen LogP contribution in [0.5, 0.6) is 0 Å². The Morgan fingerprint density at radius 1 is 1.11 bits per heavy atom. The average molecular weight is 132 g/mol. The lowest BCUT2D eigenvalue weighted by molar-refractivity contribution is 0.291. The van der Waals surface area contributed by atoms with Gasteiger partial charge in [-0.1, -0.05) is 14.9 Å². The molecule has 58 valence electrons. The normalized spacial score (nSPS) is 19.7. The van der Waals surface area contributed by atoms with Gasteiger partial charge in [0.15, 0.2) is 0 Å². The fraction of sp³-hybridized carbons (Fsp3) is 1.00. The molecule has 0 amide bonds. The third-order valence-corrected chi connectivity index (χ3v) is 1.34. The van der Waals surface area contributed by atoms with E-state index in [1.54, 1.807) is 0 Å². The van der Waals surface area contributed by atoms with Crippen LogP contribution < -0.4 is 5.32 Å². The van der Waals surface area contributed by atoms with Crippen LogP contribution in [0.2, 0.25) is 0 Å². The molecule has 2 nitrogen and oxygen atoms in total. The van der Waals surface area contributed by atoms with E-state index in [0.717, 1.165) is 13.1 Å². The van der Waals surface area contributed by atoms with Crippen LogP contribution in [0.3, 0.4) is 0 Å². The second kappa shape index (κ2) is 6.05. The van der Waals surface area contributed by atoms with Gasteiger partial charge in [-0.2, -0.15) is 0 Å². The van der Waals surface area contributed by atoms with Crippen molar-refractivity contribution in [3.8, 4) is 0 Å². The van der Waals surface area contributed by atoms with Crippen LogP contribution in [0.4, 0.5) is 0 Å². The number of hydrogen-bond donors (Lipinski definition) is 1. The fourth-order valence-electron chi connectivity index (χ4n) is 0.777. The lowest BCUT2D eigenvalue weighted by Gasteiger charge is -2.21. The molecule has 1 aliphatic rings. The van der Waals surface area contributed by atoms with E-state index in [4.69, 9.17) is 0 Å². The smallest absolute Gasteiger partial charge is 0.0104 e. The standard InChI is InChI=1S/C5H12N2.2CH4/c1-7-4-2-6-3-5-7;;/h6H,2-5H2,1H3;2*1H4. The van der Waals surface area contributed by atoms with Crippen LogP contribution in [-0.2, 0) is 0 Å². The summed E-state index contributed by atoms with van der Waals surface area (Å²) in [7, 11) is 2.15. The highest BCUT2D eigenvalue weighted by Gasteiger charge is 2.01. The molecular weight excluding hydrogens is 112 g/mol. The topological polar surface area (TPSA) is 15.3 Å². The van der Waals surface area contributed by atoms with Crippen molar-refractivity contribution < 1.29 is 0 Å². The maximum absolute atomic E-state index is 3.27. The van der Waals surface area contributed by atoms with Crippen molar-refractivity contribution in [2.75, 3.05) is 33.2 Å². The van der Waals surface area contributed by atoms with E-state index >= 15 is 0 Å². The lowest BCUT2D eigenvalue weighted by Crippen LogP contribution is -2.40. The molecule has 0 aromatic carbocycles. The van der Waals surface area contributed by atoms with E-state index in [2.05, 4.69) is 17.3 Å². The lowest BCUT2D eigenvalue weighted by atomic mass is 10.4. The summed E-state index contributed by atoms with van der Waals surface area (Å²) in [5.74, 6) is 0. The largest absolute Gasteiger partial charge is 0.314 e. The Kier molecular flexibility index (Phi) is 7.85. The summed E-state index contributed by atoms with van der Waals surface area (Å²) in [6.07, 6.45) is 0. The summed E-state index contributed by atoms with van der Waals surface area (Å²) in [5.41, 5.74) is 0. The quantitative estimate of drug-likeness (QED) is 0.524. The first kappa shape index (κ1) is 11.7. The molecule has 9 heavy (non-hydrogen) atoms. The first-order chi connectivity index (χ1) is 3.39. The van der Waals surface area contributed by atoms with E-state index in [9.17, 15) is 0 Å². The minimum Gasteiger partial charge on any atom is -0.314 e. The first-order valence-electron chi connectivity index (χ1n) is 2.79. The van der Waals surface area contributed by atoms with Crippen LogP contribution in [0.15, 0.2) is 0 Å². The molecule has 0 spiro atoms. The fourth-order valence-corrected chi connectivity index (χ4v) is 0.777. The molecule has 0 radical (unpaired) electrons. The van der Waals surface area contributed by atoms with E-state index in [-0.39, 0.29) is 14.9 Å². The van der Waals surface area contributed by atoms with Crippen LogP contribution in [-0.4, -0.2) is 38.1 Å². The van der Waals surface area contributed by atoms with Crippen molar-refractivity contribution in [1.82, 2.24) is 10.2 Å². The monoisotopic (exact) mass is 132 g/mol. The summed E-state index contributed by atoms with van der Waals surface area (Å²) in [5, 5.41) is 3.27. The molecule has 0 aromatic heterocycles. The van der Waals surface area contributed by atoms with Gasteiger partial charge in [-0.15, -0.1) is 0 Å². The van der Waals surface area contributed by atoms with Gasteiger partial charge in [0.25, 0.3) is 0 Å². The van der Waals surface area contributed by atoms with Gasteiger partial charge >= 0.3 is 0 Å². The van der Waals surface area contributed by atoms with Crippen LogP contribution >= 0.6 is 0 Å². The highest BCUT2D eigenvalue weighted by atomic mass is 15.2. The molecule has 1 aliphatic heterocycles. The van der Waals surface area contributed by atoms with Crippen LogP contribution in [0.1, 0.15) is 14.9 Å². The molecular formula is C7H20N2. The summed E-state index contributed by atoms with van der Waals surface area (Å²) >= 11 is 0. The molecule has 0 atom stereocenters. The third kappa shape index (κ3) is 4.43. The zero-order valence-corrected chi connectivity index (χ0v) is 4.78. The highest BCUT2D eigenvalue weighted by Crippen LogP contribution is 1.82. The molecule has 1 rings (SSSR count). The predicted molar refractivity (Wildman–Crippen MR) is 43.8 cm³/mol. The summed E-state index contributed by atoms with van der Waals surface area (Å²) in [4.78, 5) is 2.33. The Hall–Kier alpha value is -0.0800. The van der Waals surface area contributed by atoms with Gasteiger partial charge in [0.1, 0.15) is 0 Å². The maximum atomic E-state index is 3.27. The SMILES string of the molecule is C.C.CN1CCNCC1. The van der Waals surface area contributed by atoms with E-state index in [1.165, 1.54) is 13.1 Å². The molecule has 0 saturated carbocycles. The number of nitrogens with one attached hydrogen (secondary N) is 1. The molecule has 1 fully saturated rings. The number of rotatable bonds is 0. The molecule has 0 bridgehead atoms. The molecule has 2 heteroatoms. The minimum absolute atomic E-state index is 0. The molecule has 0 aliphatic carbocycles. The van der Waals surface area contributed by atoms with E-state index in [0.29, 0.717) is 0 Å². The Morgan fingerprint density at radius 2 is 1.56 bits per heavy atom. The van der Waals surface area contributed by atoms with Gasteiger partial charge in [-0.05, 0) is 7.05 Å². The Morgan fingerprint density at radius 3 is 1.78 bits per heavy atom. The average Bonchev–Trinajstić information content (AvgIpc) is 1.69. The minimum atomic E-state index is 0. The predicted octanol–water partition coefficient (Wildman–Crippen LogP) is 0.794. The van der Waals surface area contributed by atoms with Crippen molar-refractivity contribution in [1.29, 1.82) is 0 Å². The van der Waals surface area contributed by atoms with Gasteiger partial charge in [0.2, 0.25) is 0 Å². The van der Waals surface area contributed by atoms with Crippen molar-refractivity contribution in [3.63, 3.8) is 0 Å². The van der Waals surface area contributed by atoms with Crippen LogP contribution in [0.25, 0.3) is 0 Å². The summed E-state index contributed by atoms with van der Waals surface area (Å²) in [6, 6.07) is 0. The Bertz CT molecular complexity index is 48.9. The zero-order chi connectivity index (χ0) is 5.11. The van der Waals surface area contributed by atoms with Crippen molar-refractivity contribution in [3.05, 3.63) is 0 Å².